The van der Waals surface area contributed by atoms with Gasteiger partial charge in [0.2, 0.25) is 5.91 Å². The quantitative estimate of drug-likeness (QED) is 0.491. The predicted molar refractivity (Wildman–Crippen MR) is 95.0 cm³/mol. The van der Waals surface area contributed by atoms with Crippen LogP contribution < -0.4 is 14.8 Å². The molecule has 0 heterocycles. The van der Waals surface area contributed by atoms with Crippen molar-refractivity contribution in [3.8, 4) is 11.5 Å². The lowest BCUT2D eigenvalue weighted by molar-refractivity contribution is -0.116. The highest BCUT2D eigenvalue weighted by atomic mass is 16.5. The molecule has 1 aromatic carbocycles. The van der Waals surface area contributed by atoms with Gasteiger partial charge < -0.3 is 14.8 Å². The van der Waals surface area contributed by atoms with Gasteiger partial charge in [-0.25, -0.2) is 0 Å². The molecule has 4 heteroatoms. The summed E-state index contributed by atoms with van der Waals surface area (Å²) in [5.74, 6) is 1.36. The van der Waals surface area contributed by atoms with Gasteiger partial charge in [0.05, 0.1) is 13.7 Å². The van der Waals surface area contributed by atoms with Crippen LogP contribution in [0.15, 0.2) is 24.3 Å². The standard InChI is InChI=1S/C19H29NO3/c1-4-6-8-14-23-17-11-9-16(15-18(17)22-3)10-12-19(21)20-13-7-5-2/h9-12,15H,4-8,13-14H2,1-3H3,(H,20,21)/b12-10+. The zero-order valence-corrected chi connectivity index (χ0v) is 14.6. The van der Waals surface area contributed by atoms with E-state index >= 15 is 0 Å². The maximum atomic E-state index is 11.7. The summed E-state index contributed by atoms with van der Waals surface area (Å²) in [5, 5.41) is 2.85. The Hall–Kier alpha value is -1.97. The van der Waals surface area contributed by atoms with Crippen LogP contribution in [0.5, 0.6) is 11.5 Å². The van der Waals surface area contributed by atoms with Crippen molar-refractivity contribution in [3.63, 3.8) is 0 Å². The van der Waals surface area contributed by atoms with Gasteiger partial charge in [0.25, 0.3) is 0 Å². The molecule has 0 saturated heterocycles. The molecular weight excluding hydrogens is 290 g/mol. The summed E-state index contributed by atoms with van der Waals surface area (Å²) in [5.41, 5.74) is 0.911. The number of ether oxygens (including phenoxy) is 2. The highest BCUT2D eigenvalue weighted by Gasteiger charge is 2.05. The molecular formula is C19H29NO3. The lowest BCUT2D eigenvalue weighted by Crippen LogP contribution is -2.21. The minimum Gasteiger partial charge on any atom is -0.493 e. The third kappa shape index (κ3) is 7.73. The maximum Gasteiger partial charge on any atom is 0.243 e. The molecule has 0 radical (unpaired) electrons. The van der Waals surface area contributed by atoms with E-state index in [1.54, 1.807) is 19.3 Å². The van der Waals surface area contributed by atoms with Crippen molar-refractivity contribution in [1.82, 2.24) is 5.32 Å². The first kappa shape index (κ1) is 19.1. The van der Waals surface area contributed by atoms with Crippen LogP contribution in [0.25, 0.3) is 6.08 Å². The minimum atomic E-state index is -0.0719. The number of hydrogen-bond donors (Lipinski definition) is 1. The second kappa shape index (κ2) is 11.6. The molecule has 4 nitrogen and oxygen atoms in total. The summed E-state index contributed by atoms with van der Waals surface area (Å²) in [6.45, 7) is 5.67. The topological polar surface area (TPSA) is 47.6 Å². The van der Waals surface area contributed by atoms with Crippen LogP contribution in [0.1, 0.15) is 51.5 Å². The highest BCUT2D eigenvalue weighted by Crippen LogP contribution is 2.28. The van der Waals surface area contributed by atoms with Gasteiger partial charge >= 0.3 is 0 Å². The van der Waals surface area contributed by atoms with Gasteiger partial charge in [-0.1, -0.05) is 39.2 Å². The average Bonchev–Trinajstić information content (AvgIpc) is 2.57. The fourth-order valence-corrected chi connectivity index (χ4v) is 2.06. The van der Waals surface area contributed by atoms with Crippen LogP contribution in [-0.2, 0) is 4.79 Å². The molecule has 0 bridgehead atoms. The van der Waals surface area contributed by atoms with E-state index in [0.717, 1.165) is 37.0 Å². The molecule has 23 heavy (non-hydrogen) atoms. The number of benzene rings is 1. The highest BCUT2D eigenvalue weighted by molar-refractivity contribution is 5.91. The fraction of sp³-hybridized carbons (Fsp3) is 0.526. The molecule has 0 atom stereocenters. The molecule has 1 N–H and O–H groups in total. The van der Waals surface area contributed by atoms with E-state index < -0.39 is 0 Å². The zero-order valence-electron chi connectivity index (χ0n) is 14.6. The maximum absolute atomic E-state index is 11.7. The lowest BCUT2D eigenvalue weighted by atomic mass is 10.2. The summed E-state index contributed by atoms with van der Waals surface area (Å²) in [7, 11) is 1.62. The molecule has 1 rings (SSSR count). The number of methoxy groups -OCH3 is 1. The molecule has 0 aromatic heterocycles. The van der Waals surface area contributed by atoms with Crippen LogP contribution in [0, 0.1) is 0 Å². The number of carbonyl (C=O) groups excluding carboxylic acids is 1. The van der Waals surface area contributed by atoms with Crippen molar-refractivity contribution in [2.24, 2.45) is 0 Å². The van der Waals surface area contributed by atoms with Crippen molar-refractivity contribution in [1.29, 1.82) is 0 Å². The minimum absolute atomic E-state index is 0.0719. The molecule has 0 aliphatic rings. The second-order valence-electron chi connectivity index (χ2n) is 5.44. The Morgan fingerprint density at radius 2 is 1.91 bits per heavy atom. The molecule has 0 fully saturated rings. The number of amides is 1. The molecule has 0 aliphatic heterocycles. The molecule has 0 unspecified atom stereocenters. The summed E-state index contributed by atoms with van der Waals surface area (Å²) >= 11 is 0. The first-order valence-electron chi connectivity index (χ1n) is 8.48. The Kier molecular flexibility index (Phi) is 9.60. The lowest BCUT2D eigenvalue weighted by Gasteiger charge is -2.11. The third-order valence-corrected chi connectivity index (χ3v) is 3.45. The number of nitrogens with one attached hydrogen (secondary N) is 1. The average molecular weight is 319 g/mol. The summed E-state index contributed by atoms with van der Waals surface area (Å²) in [6, 6.07) is 5.69. The Bertz CT molecular complexity index is 497. The number of carbonyl (C=O) groups is 1. The van der Waals surface area contributed by atoms with Crippen LogP contribution in [0.3, 0.4) is 0 Å². The normalized spacial score (nSPS) is 10.7. The van der Waals surface area contributed by atoms with Crippen molar-refractivity contribution >= 4 is 12.0 Å². The SMILES string of the molecule is CCCCCOc1ccc(/C=C/C(=O)NCCCC)cc1OC. The van der Waals surface area contributed by atoms with Gasteiger partial charge in [-0.2, -0.15) is 0 Å². The smallest absolute Gasteiger partial charge is 0.243 e. The third-order valence-electron chi connectivity index (χ3n) is 3.45. The van der Waals surface area contributed by atoms with E-state index in [1.807, 2.05) is 18.2 Å². The van der Waals surface area contributed by atoms with Gasteiger partial charge in [-0.05, 0) is 36.6 Å². The first-order chi connectivity index (χ1) is 11.2. The summed E-state index contributed by atoms with van der Waals surface area (Å²) in [6.07, 6.45) is 8.77. The number of unbranched alkanes of at least 4 members (excludes halogenated alkanes) is 3. The van der Waals surface area contributed by atoms with Crippen molar-refractivity contribution in [2.75, 3.05) is 20.3 Å². The van der Waals surface area contributed by atoms with E-state index in [4.69, 9.17) is 9.47 Å². The summed E-state index contributed by atoms with van der Waals surface area (Å²) < 4.78 is 11.1. The predicted octanol–water partition coefficient (Wildman–Crippen LogP) is 4.19. The van der Waals surface area contributed by atoms with Crippen LogP contribution in [0.4, 0.5) is 0 Å². The molecule has 128 valence electrons. The van der Waals surface area contributed by atoms with Crippen molar-refractivity contribution < 1.29 is 14.3 Å². The van der Waals surface area contributed by atoms with Crippen molar-refractivity contribution in [3.05, 3.63) is 29.8 Å². The van der Waals surface area contributed by atoms with Crippen molar-refractivity contribution in [2.45, 2.75) is 46.0 Å². The van der Waals surface area contributed by atoms with Gasteiger partial charge in [-0.15, -0.1) is 0 Å². The molecule has 0 aliphatic carbocycles. The molecule has 1 aromatic rings. The van der Waals surface area contributed by atoms with E-state index in [-0.39, 0.29) is 5.91 Å². The van der Waals surface area contributed by atoms with E-state index in [0.29, 0.717) is 18.9 Å². The van der Waals surface area contributed by atoms with E-state index in [1.165, 1.54) is 6.42 Å². The summed E-state index contributed by atoms with van der Waals surface area (Å²) in [4.78, 5) is 11.7. The fourth-order valence-electron chi connectivity index (χ4n) is 2.06. The van der Waals surface area contributed by atoms with Crippen LogP contribution in [0.2, 0.25) is 0 Å². The number of rotatable bonds is 11. The number of hydrogen-bond acceptors (Lipinski definition) is 3. The molecule has 0 saturated carbocycles. The monoisotopic (exact) mass is 319 g/mol. The second-order valence-corrected chi connectivity index (χ2v) is 5.44. The van der Waals surface area contributed by atoms with Crippen LogP contribution >= 0.6 is 0 Å². The molecule has 1 amide bonds. The van der Waals surface area contributed by atoms with Gasteiger partial charge in [0, 0.05) is 12.6 Å². The Morgan fingerprint density at radius 1 is 1.13 bits per heavy atom. The van der Waals surface area contributed by atoms with Crippen LogP contribution in [-0.4, -0.2) is 26.2 Å². The van der Waals surface area contributed by atoms with E-state index in [2.05, 4.69) is 19.2 Å². The zero-order chi connectivity index (χ0) is 16.9. The van der Waals surface area contributed by atoms with E-state index in [9.17, 15) is 4.79 Å². The Labute approximate surface area is 139 Å². The Morgan fingerprint density at radius 3 is 2.61 bits per heavy atom. The first-order valence-corrected chi connectivity index (χ1v) is 8.48. The van der Waals surface area contributed by atoms with Gasteiger partial charge in [0.1, 0.15) is 0 Å². The van der Waals surface area contributed by atoms with Gasteiger partial charge in [-0.3, -0.25) is 4.79 Å². The van der Waals surface area contributed by atoms with Gasteiger partial charge in [0.15, 0.2) is 11.5 Å². The molecule has 0 spiro atoms. The largest absolute Gasteiger partial charge is 0.493 e. The Balaban J connectivity index is 2.58.